The maximum Gasteiger partial charge on any atom is 0.227 e. The molecule has 2 fully saturated rings. The number of nitrogens with zero attached hydrogens (tertiary/aromatic N) is 2. The Morgan fingerprint density at radius 1 is 1.39 bits per heavy atom. The van der Waals surface area contributed by atoms with Gasteiger partial charge in [-0.1, -0.05) is 13.3 Å². The molecule has 0 bridgehead atoms. The highest BCUT2D eigenvalue weighted by molar-refractivity contribution is 5.80. The number of amides is 1. The van der Waals surface area contributed by atoms with E-state index in [4.69, 9.17) is 5.73 Å². The van der Waals surface area contributed by atoms with Crippen LogP contribution < -0.4 is 5.73 Å². The van der Waals surface area contributed by atoms with E-state index < -0.39 is 0 Å². The van der Waals surface area contributed by atoms with Crippen molar-refractivity contribution in [3.63, 3.8) is 0 Å². The van der Waals surface area contributed by atoms with Crippen LogP contribution in [0.4, 0.5) is 0 Å². The third-order valence-electron chi connectivity index (χ3n) is 4.59. The van der Waals surface area contributed by atoms with Crippen molar-refractivity contribution in [3.05, 3.63) is 0 Å². The van der Waals surface area contributed by atoms with Crippen LogP contribution in [0.1, 0.15) is 32.6 Å². The van der Waals surface area contributed by atoms with Gasteiger partial charge < -0.3 is 15.5 Å². The minimum Gasteiger partial charge on any atom is -0.342 e. The lowest BCUT2D eigenvalue weighted by Crippen LogP contribution is -2.41. The van der Waals surface area contributed by atoms with Gasteiger partial charge in [0.1, 0.15) is 0 Å². The smallest absolute Gasteiger partial charge is 0.227 e. The van der Waals surface area contributed by atoms with Gasteiger partial charge in [-0.2, -0.15) is 0 Å². The van der Waals surface area contributed by atoms with E-state index in [0.717, 1.165) is 51.9 Å². The third kappa shape index (κ3) is 3.04. The molecule has 1 aliphatic carbocycles. The Balaban J connectivity index is 1.83. The van der Waals surface area contributed by atoms with Gasteiger partial charge in [0.05, 0.1) is 5.92 Å². The van der Waals surface area contributed by atoms with Gasteiger partial charge in [0.2, 0.25) is 5.91 Å². The maximum absolute atomic E-state index is 12.4. The summed E-state index contributed by atoms with van der Waals surface area (Å²) in [4.78, 5) is 16.8. The Morgan fingerprint density at radius 2 is 2.17 bits per heavy atom. The first-order valence-corrected chi connectivity index (χ1v) is 7.34. The fourth-order valence-corrected chi connectivity index (χ4v) is 3.28. The van der Waals surface area contributed by atoms with Gasteiger partial charge in [0.25, 0.3) is 0 Å². The van der Waals surface area contributed by atoms with E-state index in [1.54, 1.807) is 0 Å². The number of rotatable bonds is 4. The molecule has 4 nitrogen and oxygen atoms in total. The third-order valence-corrected chi connectivity index (χ3v) is 4.59. The summed E-state index contributed by atoms with van der Waals surface area (Å²) in [6.45, 7) is 6.24. The van der Waals surface area contributed by atoms with E-state index in [9.17, 15) is 4.79 Å². The highest BCUT2D eigenvalue weighted by atomic mass is 16.2. The van der Waals surface area contributed by atoms with E-state index in [-0.39, 0.29) is 12.0 Å². The molecule has 2 rings (SSSR count). The Hall–Kier alpha value is -0.610. The molecule has 0 aromatic carbocycles. The van der Waals surface area contributed by atoms with Gasteiger partial charge in [0.15, 0.2) is 0 Å². The molecule has 1 amide bonds. The normalized spacial score (nSPS) is 32.4. The van der Waals surface area contributed by atoms with Crippen molar-refractivity contribution >= 4 is 5.91 Å². The van der Waals surface area contributed by atoms with Crippen LogP contribution in [0.3, 0.4) is 0 Å². The average Bonchev–Trinajstić information content (AvgIpc) is 2.97. The van der Waals surface area contributed by atoms with Crippen molar-refractivity contribution in [2.24, 2.45) is 17.6 Å². The number of hydrogen-bond acceptors (Lipinski definition) is 3. The standard InChI is InChI=1S/C14H27N3O/c1-3-16(2)9-11-7-8-17(10-11)14(18)12-5-4-6-13(12)15/h11-13H,3-10,15H2,1-2H3/t11-,12-,13-/m0/s1. The molecule has 104 valence electrons. The molecule has 3 atom stereocenters. The zero-order chi connectivity index (χ0) is 13.1. The summed E-state index contributed by atoms with van der Waals surface area (Å²) in [6, 6.07) is 0.106. The van der Waals surface area contributed by atoms with Gasteiger partial charge in [-0.15, -0.1) is 0 Å². The molecular weight excluding hydrogens is 226 g/mol. The van der Waals surface area contributed by atoms with Crippen molar-refractivity contribution in [1.82, 2.24) is 9.80 Å². The second-order valence-electron chi connectivity index (χ2n) is 6.00. The Morgan fingerprint density at radius 3 is 2.78 bits per heavy atom. The van der Waals surface area contributed by atoms with Crippen LogP contribution in [0.5, 0.6) is 0 Å². The number of nitrogens with two attached hydrogens (primary N) is 1. The van der Waals surface area contributed by atoms with Crippen LogP contribution in [-0.2, 0) is 4.79 Å². The summed E-state index contributed by atoms with van der Waals surface area (Å²) >= 11 is 0. The highest BCUT2D eigenvalue weighted by Crippen LogP contribution is 2.28. The van der Waals surface area contributed by atoms with Gasteiger partial charge in [0, 0.05) is 25.7 Å². The van der Waals surface area contributed by atoms with E-state index in [2.05, 4.69) is 23.8 Å². The topological polar surface area (TPSA) is 49.6 Å². The van der Waals surface area contributed by atoms with E-state index in [1.807, 2.05) is 0 Å². The van der Waals surface area contributed by atoms with Crippen LogP contribution in [0.25, 0.3) is 0 Å². The van der Waals surface area contributed by atoms with Crippen LogP contribution in [0, 0.1) is 11.8 Å². The number of carbonyl (C=O) groups is 1. The number of likely N-dealkylation sites (tertiary alicyclic amines) is 1. The minimum absolute atomic E-state index is 0.104. The summed E-state index contributed by atoms with van der Waals surface area (Å²) in [7, 11) is 2.15. The van der Waals surface area contributed by atoms with Gasteiger partial charge in [-0.25, -0.2) is 0 Å². The van der Waals surface area contributed by atoms with Crippen molar-refractivity contribution in [3.8, 4) is 0 Å². The fraction of sp³-hybridized carbons (Fsp3) is 0.929. The van der Waals surface area contributed by atoms with E-state index in [0.29, 0.717) is 11.8 Å². The van der Waals surface area contributed by atoms with E-state index >= 15 is 0 Å². The molecule has 4 heteroatoms. The lowest BCUT2D eigenvalue weighted by atomic mass is 10.0. The lowest BCUT2D eigenvalue weighted by Gasteiger charge is -2.24. The molecule has 1 aliphatic heterocycles. The Kier molecular flexibility index (Phi) is 4.62. The predicted octanol–water partition coefficient (Wildman–Crippen LogP) is 0.914. The molecule has 0 aromatic heterocycles. The number of carbonyl (C=O) groups excluding carboxylic acids is 1. The zero-order valence-electron chi connectivity index (χ0n) is 11.8. The largest absolute Gasteiger partial charge is 0.342 e. The van der Waals surface area contributed by atoms with Crippen LogP contribution in [0.2, 0.25) is 0 Å². The average molecular weight is 253 g/mol. The minimum atomic E-state index is 0.104. The molecule has 1 saturated heterocycles. The molecule has 18 heavy (non-hydrogen) atoms. The summed E-state index contributed by atoms with van der Waals surface area (Å²) < 4.78 is 0. The monoisotopic (exact) mass is 253 g/mol. The molecule has 0 spiro atoms. The predicted molar refractivity (Wildman–Crippen MR) is 73.2 cm³/mol. The summed E-state index contributed by atoms with van der Waals surface area (Å²) in [5, 5.41) is 0. The van der Waals surface area contributed by atoms with Gasteiger partial charge >= 0.3 is 0 Å². The van der Waals surface area contributed by atoms with Crippen LogP contribution in [0.15, 0.2) is 0 Å². The molecule has 2 N–H and O–H groups in total. The summed E-state index contributed by atoms with van der Waals surface area (Å²) in [5.74, 6) is 1.07. The van der Waals surface area contributed by atoms with Gasteiger partial charge in [-0.05, 0) is 38.8 Å². The first kappa shape index (κ1) is 13.8. The molecule has 1 heterocycles. The second kappa shape index (κ2) is 6.02. The first-order valence-electron chi connectivity index (χ1n) is 7.34. The Bertz CT molecular complexity index is 295. The van der Waals surface area contributed by atoms with Crippen molar-refractivity contribution in [2.75, 3.05) is 33.2 Å². The van der Waals surface area contributed by atoms with Crippen LogP contribution >= 0.6 is 0 Å². The lowest BCUT2D eigenvalue weighted by molar-refractivity contribution is -0.134. The molecule has 1 saturated carbocycles. The Labute approximate surface area is 110 Å². The molecular formula is C14H27N3O. The summed E-state index contributed by atoms with van der Waals surface area (Å²) in [6.07, 6.45) is 4.29. The van der Waals surface area contributed by atoms with E-state index in [1.165, 1.54) is 0 Å². The zero-order valence-corrected chi connectivity index (χ0v) is 11.8. The van der Waals surface area contributed by atoms with Crippen molar-refractivity contribution in [1.29, 1.82) is 0 Å². The molecule has 0 radical (unpaired) electrons. The van der Waals surface area contributed by atoms with Crippen molar-refractivity contribution < 1.29 is 4.79 Å². The quantitative estimate of drug-likeness (QED) is 0.810. The fourth-order valence-electron chi connectivity index (χ4n) is 3.28. The van der Waals surface area contributed by atoms with Gasteiger partial charge in [-0.3, -0.25) is 4.79 Å². The first-order chi connectivity index (χ1) is 8.61. The molecule has 0 aromatic rings. The molecule has 2 aliphatic rings. The highest BCUT2D eigenvalue weighted by Gasteiger charge is 2.36. The SMILES string of the molecule is CCN(C)C[C@@H]1CCN(C(=O)[C@H]2CCC[C@@H]2N)C1. The second-order valence-corrected chi connectivity index (χ2v) is 6.00. The molecule has 0 unspecified atom stereocenters. The van der Waals surface area contributed by atoms with Crippen molar-refractivity contribution in [2.45, 2.75) is 38.6 Å². The summed E-state index contributed by atoms with van der Waals surface area (Å²) in [5.41, 5.74) is 6.03. The van der Waals surface area contributed by atoms with Crippen LogP contribution in [-0.4, -0.2) is 55.0 Å². The maximum atomic E-state index is 12.4. The number of hydrogen-bond donors (Lipinski definition) is 1.